The van der Waals surface area contributed by atoms with Gasteiger partial charge in [-0.2, -0.15) is 4.57 Å². The third-order valence-electron chi connectivity index (χ3n) is 3.74. The van der Waals surface area contributed by atoms with Crippen molar-refractivity contribution in [1.82, 2.24) is 0 Å². The Hall–Kier alpha value is -1.25. The van der Waals surface area contributed by atoms with Gasteiger partial charge in [0.15, 0.2) is 11.9 Å². The van der Waals surface area contributed by atoms with Crippen molar-refractivity contribution in [3.05, 3.63) is 18.0 Å². The van der Waals surface area contributed by atoms with Crippen LogP contribution >= 0.6 is 0 Å². The van der Waals surface area contributed by atoms with Crippen LogP contribution in [0.3, 0.4) is 0 Å². The Kier molecular flexibility index (Phi) is 8.08. The quantitative estimate of drug-likeness (QED) is 0.516. The molecule has 0 spiro atoms. The Bertz CT molecular complexity index is 391. The molecule has 0 aliphatic rings. The molecule has 0 radical (unpaired) electrons. The number of nitrogens with zero attached hydrogens (tertiary/aromatic N) is 1. The number of aryl methyl sites for hydroxylation is 1. The standard InChI is InChI=1S/C17H29NO2/c1-4-6-7-8-9-10-11-14-20-17-15(3)18(5-2)13-12-16(17)19/h12-13H,4-11,14H2,1-3H3/p+1. The van der Waals surface area contributed by atoms with Crippen molar-refractivity contribution in [3.63, 3.8) is 0 Å². The topological polar surface area (TPSA) is 33.3 Å². The second-order valence-electron chi connectivity index (χ2n) is 5.37. The summed E-state index contributed by atoms with van der Waals surface area (Å²) in [7, 11) is 0. The lowest BCUT2D eigenvalue weighted by molar-refractivity contribution is -0.699. The molecule has 0 aliphatic carbocycles. The summed E-state index contributed by atoms with van der Waals surface area (Å²) in [6.45, 7) is 7.90. The maximum Gasteiger partial charge on any atom is 0.228 e. The summed E-state index contributed by atoms with van der Waals surface area (Å²) in [6, 6.07) is 1.70. The van der Waals surface area contributed by atoms with Crippen LogP contribution in [0.4, 0.5) is 0 Å². The van der Waals surface area contributed by atoms with Crippen LogP contribution in [0, 0.1) is 6.92 Å². The predicted octanol–water partition coefficient (Wildman–Crippen LogP) is 4.14. The van der Waals surface area contributed by atoms with Gasteiger partial charge in [-0.1, -0.05) is 45.4 Å². The molecule has 0 atom stereocenters. The summed E-state index contributed by atoms with van der Waals surface area (Å²) in [6.07, 6.45) is 10.8. The van der Waals surface area contributed by atoms with E-state index >= 15 is 0 Å². The average molecular weight is 280 g/mol. The van der Waals surface area contributed by atoms with E-state index in [0.29, 0.717) is 12.4 Å². The Morgan fingerprint density at radius 3 is 2.35 bits per heavy atom. The van der Waals surface area contributed by atoms with E-state index in [-0.39, 0.29) is 5.75 Å². The molecule has 0 saturated heterocycles. The Morgan fingerprint density at radius 2 is 1.70 bits per heavy atom. The summed E-state index contributed by atoms with van der Waals surface area (Å²) >= 11 is 0. The van der Waals surface area contributed by atoms with Gasteiger partial charge in [-0.05, 0) is 13.3 Å². The molecule has 0 amide bonds. The van der Waals surface area contributed by atoms with Crippen LogP contribution in [0.5, 0.6) is 11.5 Å². The van der Waals surface area contributed by atoms with Gasteiger partial charge in [-0.3, -0.25) is 0 Å². The second-order valence-corrected chi connectivity index (χ2v) is 5.37. The van der Waals surface area contributed by atoms with Crippen LogP contribution in [0.15, 0.2) is 12.3 Å². The van der Waals surface area contributed by atoms with Crippen LogP contribution in [0.25, 0.3) is 0 Å². The van der Waals surface area contributed by atoms with E-state index in [1.54, 1.807) is 6.07 Å². The minimum absolute atomic E-state index is 0.246. The number of aromatic nitrogens is 1. The SMILES string of the molecule is CCCCCCCCCOc1c(O)cc[n+](CC)c1C. The van der Waals surface area contributed by atoms with Crippen molar-refractivity contribution < 1.29 is 14.4 Å². The van der Waals surface area contributed by atoms with Gasteiger partial charge in [0.1, 0.15) is 6.54 Å². The van der Waals surface area contributed by atoms with Crippen molar-refractivity contribution in [2.24, 2.45) is 0 Å². The third-order valence-corrected chi connectivity index (χ3v) is 3.74. The molecule has 3 heteroatoms. The molecule has 0 aromatic carbocycles. The molecule has 0 aliphatic heterocycles. The maximum atomic E-state index is 9.87. The molecular weight excluding hydrogens is 250 g/mol. The van der Waals surface area contributed by atoms with E-state index in [9.17, 15) is 5.11 Å². The highest BCUT2D eigenvalue weighted by Gasteiger charge is 2.16. The molecule has 1 aromatic heterocycles. The molecule has 1 heterocycles. The van der Waals surface area contributed by atoms with Gasteiger partial charge in [0.2, 0.25) is 11.4 Å². The lowest BCUT2D eigenvalue weighted by Crippen LogP contribution is -2.35. The summed E-state index contributed by atoms with van der Waals surface area (Å²) in [5, 5.41) is 9.87. The van der Waals surface area contributed by atoms with Crippen molar-refractivity contribution in [2.45, 2.75) is 72.3 Å². The predicted molar refractivity (Wildman–Crippen MR) is 82.2 cm³/mol. The van der Waals surface area contributed by atoms with Crippen LogP contribution in [-0.4, -0.2) is 11.7 Å². The monoisotopic (exact) mass is 280 g/mol. The first-order valence-electron chi connectivity index (χ1n) is 8.05. The summed E-state index contributed by atoms with van der Waals surface area (Å²) < 4.78 is 7.85. The van der Waals surface area contributed by atoms with E-state index in [1.165, 1.54) is 38.5 Å². The summed E-state index contributed by atoms with van der Waals surface area (Å²) in [5.74, 6) is 0.885. The third kappa shape index (κ3) is 5.40. The smallest absolute Gasteiger partial charge is 0.228 e. The van der Waals surface area contributed by atoms with Crippen LogP contribution in [-0.2, 0) is 6.54 Å². The Balaban J connectivity index is 2.28. The molecule has 1 rings (SSSR count). The normalized spacial score (nSPS) is 10.8. The zero-order valence-corrected chi connectivity index (χ0v) is 13.3. The Morgan fingerprint density at radius 1 is 1.05 bits per heavy atom. The zero-order chi connectivity index (χ0) is 14.8. The molecule has 20 heavy (non-hydrogen) atoms. The van der Waals surface area contributed by atoms with E-state index in [1.807, 2.05) is 13.1 Å². The van der Waals surface area contributed by atoms with Crippen LogP contribution in [0.1, 0.15) is 64.5 Å². The van der Waals surface area contributed by atoms with Gasteiger partial charge in [0, 0.05) is 13.0 Å². The number of aromatic hydroxyl groups is 1. The Labute approximate surface area is 123 Å². The number of unbranched alkanes of at least 4 members (excludes halogenated alkanes) is 6. The number of hydrogen-bond acceptors (Lipinski definition) is 2. The van der Waals surface area contributed by atoms with Gasteiger partial charge in [-0.15, -0.1) is 0 Å². The maximum absolute atomic E-state index is 9.87. The lowest BCUT2D eigenvalue weighted by Gasteiger charge is -2.09. The molecule has 0 fully saturated rings. The van der Waals surface area contributed by atoms with Gasteiger partial charge >= 0.3 is 0 Å². The molecular formula is C17H30NO2+. The van der Waals surface area contributed by atoms with Gasteiger partial charge in [0.25, 0.3) is 0 Å². The molecule has 114 valence electrons. The van der Waals surface area contributed by atoms with Crippen molar-refractivity contribution in [3.8, 4) is 11.5 Å². The van der Waals surface area contributed by atoms with Gasteiger partial charge < -0.3 is 9.84 Å². The van der Waals surface area contributed by atoms with Crippen molar-refractivity contribution in [1.29, 1.82) is 0 Å². The molecule has 0 bridgehead atoms. The fourth-order valence-electron chi connectivity index (χ4n) is 2.42. The largest absolute Gasteiger partial charge is 0.504 e. The average Bonchev–Trinajstić information content (AvgIpc) is 2.45. The summed E-state index contributed by atoms with van der Waals surface area (Å²) in [4.78, 5) is 0. The highest BCUT2D eigenvalue weighted by molar-refractivity contribution is 5.38. The second kappa shape index (κ2) is 9.62. The van der Waals surface area contributed by atoms with Gasteiger partial charge in [0.05, 0.1) is 6.61 Å². The summed E-state index contributed by atoms with van der Waals surface area (Å²) in [5.41, 5.74) is 0.996. The zero-order valence-electron chi connectivity index (χ0n) is 13.3. The van der Waals surface area contributed by atoms with Gasteiger partial charge in [-0.25, -0.2) is 0 Å². The first kappa shape index (κ1) is 16.8. The molecule has 0 saturated carbocycles. The first-order valence-corrected chi connectivity index (χ1v) is 8.05. The number of hydrogen-bond donors (Lipinski definition) is 1. The van der Waals surface area contributed by atoms with Crippen molar-refractivity contribution >= 4 is 0 Å². The molecule has 3 nitrogen and oxygen atoms in total. The fourth-order valence-corrected chi connectivity index (χ4v) is 2.42. The van der Waals surface area contributed by atoms with E-state index in [2.05, 4.69) is 18.4 Å². The number of rotatable bonds is 10. The number of pyridine rings is 1. The van der Waals surface area contributed by atoms with E-state index < -0.39 is 0 Å². The minimum atomic E-state index is 0.246. The fraction of sp³-hybridized carbons (Fsp3) is 0.706. The lowest BCUT2D eigenvalue weighted by atomic mass is 10.1. The molecule has 0 unspecified atom stereocenters. The van der Waals surface area contributed by atoms with Crippen molar-refractivity contribution in [2.75, 3.05) is 6.61 Å². The van der Waals surface area contributed by atoms with E-state index in [4.69, 9.17) is 4.74 Å². The molecule has 1 N–H and O–H groups in total. The number of ether oxygens (including phenoxy) is 1. The first-order chi connectivity index (χ1) is 9.70. The highest BCUT2D eigenvalue weighted by Crippen LogP contribution is 2.27. The molecule has 1 aromatic rings. The van der Waals surface area contributed by atoms with Crippen LogP contribution < -0.4 is 9.30 Å². The van der Waals surface area contributed by atoms with Crippen LogP contribution in [0.2, 0.25) is 0 Å². The van der Waals surface area contributed by atoms with E-state index in [0.717, 1.165) is 18.7 Å². The highest BCUT2D eigenvalue weighted by atomic mass is 16.5. The minimum Gasteiger partial charge on any atom is -0.504 e.